The molecule has 1 N–H and O–H groups in total. The molecule has 7 heteroatoms. The number of fused-ring (bicyclic) bond motifs is 1. The lowest BCUT2D eigenvalue weighted by Gasteiger charge is -2.26. The largest absolute Gasteiger partial charge is 0.497 e. The molecule has 4 rings (SSSR count). The van der Waals surface area contributed by atoms with Crippen molar-refractivity contribution in [3.05, 3.63) is 54.4 Å². The van der Waals surface area contributed by atoms with Gasteiger partial charge in [-0.2, -0.15) is 0 Å². The molecule has 1 saturated heterocycles. The maximum atomic E-state index is 12.9. The van der Waals surface area contributed by atoms with Gasteiger partial charge in [0.15, 0.2) is 5.69 Å². The SMILES string of the molecule is COc1ccc(-c2c(C(=O)NCCCN3CCOCC3)nc3ccccn23)cc1. The zero-order valence-electron chi connectivity index (χ0n) is 16.6. The monoisotopic (exact) mass is 394 g/mol. The van der Waals surface area contributed by atoms with Gasteiger partial charge in [-0.15, -0.1) is 0 Å². The predicted octanol–water partition coefficient (Wildman–Crippen LogP) is 2.46. The van der Waals surface area contributed by atoms with Gasteiger partial charge >= 0.3 is 0 Å². The average molecular weight is 394 g/mol. The Balaban J connectivity index is 1.50. The van der Waals surface area contributed by atoms with Crippen LogP contribution >= 0.6 is 0 Å². The molecule has 3 aromatic rings. The minimum atomic E-state index is -0.151. The summed E-state index contributed by atoms with van der Waals surface area (Å²) in [7, 11) is 1.64. The quantitative estimate of drug-likeness (QED) is 0.624. The Bertz CT molecular complexity index is 962. The molecule has 0 unspecified atom stereocenters. The molecule has 7 nitrogen and oxygen atoms in total. The minimum Gasteiger partial charge on any atom is -0.497 e. The lowest BCUT2D eigenvalue weighted by Crippen LogP contribution is -2.38. The third-order valence-corrected chi connectivity index (χ3v) is 5.15. The number of amides is 1. The molecule has 0 saturated carbocycles. The van der Waals surface area contributed by atoms with E-state index in [9.17, 15) is 4.79 Å². The molecule has 0 bridgehead atoms. The number of nitrogens with zero attached hydrogens (tertiary/aromatic N) is 3. The molecule has 1 aliphatic heterocycles. The first-order chi connectivity index (χ1) is 14.3. The highest BCUT2D eigenvalue weighted by molar-refractivity contribution is 5.99. The van der Waals surface area contributed by atoms with Crippen LogP contribution in [0.1, 0.15) is 16.9 Å². The topological polar surface area (TPSA) is 68.1 Å². The fraction of sp³-hybridized carbons (Fsp3) is 0.364. The van der Waals surface area contributed by atoms with Gasteiger partial charge in [-0.25, -0.2) is 4.98 Å². The molecule has 1 amide bonds. The number of methoxy groups -OCH3 is 1. The Kier molecular flexibility index (Phi) is 6.07. The standard InChI is InChI=1S/C22H26N4O3/c1-28-18-8-6-17(7-9-18)21-20(24-19-5-2-3-12-26(19)21)22(27)23-10-4-11-25-13-15-29-16-14-25/h2-3,5-9,12H,4,10-11,13-16H2,1H3,(H,23,27). The van der Waals surface area contributed by atoms with E-state index in [1.165, 1.54) is 0 Å². The number of ether oxygens (including phenoxy) is 2. The van der Waals surface area contributed by atoms with E-state index >= 15 is 0 Å². The summed E-state index contributed by atoms with van der Waals surface area (Å²) in [4.78, 5) is 19.9. The molecule has 0 radical (unpaired) electrons. The van der Waals surface area contributed by atoms with E-state index in [0.717, 1.165) is 61.9 Å². The van der Waals surface area contributed by atoms with E-state index in [2.05, 4.69) is 15.2 Å². The van der Waals surface area contributed by atoms with Gasteiger partial charge in [0, 0.05) is 31.4 Å². The van der Waals surface area contributed by atoms with E-state index in [4.69, 9.17) is 9.47 Å². The van der Waals surface area contributed by atoms with Crippen molar-refractivity contribution in [3.8, 4) is 17.0 Å². The first-order valence-corrected chi connectivity index (χ1v) is 9.96. The first kappa shape index (κ1) is 19.4. The highest BCUT2D eigenvalue weighted by Crippen LogP contribution is 2.27. The van der Waals surface area contributed by atoms with Crippen LogP contribution in [0.5, 0.6) is 5.75 Å². The van der Waals surface area contributed by atoms with Crippen LogP contribution in [0.3, 0.4) is 0 Å². The highest BCUT2D eigenvalue weighted by Gasteiger charge is 2.20. The minimum absolute atomic E-state index is 0.151. The van der Waals surface area contributed by atoms with Crippen molar-refractivity contribution in [3.63, 3.8) is 0 Å². The second kappa shape index (κ2) is 9.07. The average Bonchev–Trinajstić information content (AvgIpc) is 3.17. The van der Waals surface area contributed by atoms with Crippen LogP contribution in [0.2, 0.25) is 0 Å². The van der Waals surface area contributed by atoms with Crippen LogP contribution in [0.25, 0.3) is 16.9 Å². The normalized spacial score (nSPS) is 14.8. The Morgan fingerprint density at radius 2 is 1.97 bits per heavy atom. The number of benzene rings is 1. The van der Waals surface area contributed by atoms with Gasteiger partial charge in [0.05, 0.1) is 26.0 Å². The molecule has 1 aromatic carbocycles. The summed E-state index contributed by atoms with van der Waals surface area (Å²) in [5.74, 6) is 0.623. The van der Waals surface area contributed by atoms with Crippen LogP contribution in [0.4, 0.5) is 0 Å². The molecular weight excluding hydrogens is 368 g/mol. The van der Waals surface area contributed by atoms with Crippen molar-refractivity contribution < 1.29 is 14.3 Å². The molecule has 0 aliphatic carbocycles. The number of hydrogen-bond acceptors (Lipinski definition) is 5. The summed E-state index contributed by atoms with van der Waals surface area (Å²) in [6.45, 7) is 5.08. The van der Waals surface area contributed by atoms with Crippen LogP contribution in [0, 0.1) is 0 Å². The lowest BCUT2D eigenvalue weighted by atomic mass is 10.1. The molecule has 1 aliphatic rings. The summed E-state index contributed by atoms with van der Waals surface area (Å²) < 4.78 is 12.6. The van der Waals surface area contributed by atoms with E-state index in [1.807, 2.05) is 53.1 Å². The zero-order chi connectivity index (χ0) is 20.1. The van der Waals surface area contributed by atoms with Crippen molar-refractivity contribution in [1.29, 1.82) is 0 Å². The molecule has 3 heterocycles. The van der Waals surface area contributed by atoms with Gasteiger partial charge in [-0.05, 0) is 49.4 Å². The first-order valence-electron chi connectivity index (χ1n) is 9.96. The Morgan fingerprint density at radius 3 is 2.72 bits per heavy atom. The molecule has 2 aromatic heterocycles. The van der Waals surface area contributed by atoms with Gasteiger partial charge in [0.25, 0.3) is 5.91 Å². The fourth-order valence-electron chi connectivity index (χ4n) is 3.59. The number of carbonyl (C=O) groups excluding carboxylic acids is 1. The number of morpholine rings is 1. The van der Waals surface area contributed by atoms with Crippen molar-refractivity contribution in [2.45, 2.75) is 6.42 Å². The summed E-state index contributed by atoms with van der Waals surface area (Å²) >= 11 is 0. The summed E-state index contributed by atoms with van der Waals surface area (Å²) in [5.41, 5.74) is 2.89. The van der Waals surface area contributed by atoms with E-state index < -0.39 is 0 Å². The van der Waals surface area contributed by atoms with Gasteiger partial charge in [0.1, 0.15) is 11.4 Å². The second-order valence-corrected chi connectivity index (χ2v) is 7.03. The van der Waals surface area contributed by atoms with Crippen molar-refractivity contribution in [2.24, 2.45) is 0 Å². The molecule has 0 atom stereocenters. The number of nitrogens with one attached hydrogen (secondary N) is 1. The third-order valence-electron chi connectivity index (χ3n) is 5.15. The second-order valence-electron chi connectivity index (χ2n) is 7.03. The van der Waals surface area contributed by atoms with E-state index in [0.29, 0.717) is 12.2 Å². The molecule has 0 spiro atoms. The number of pyridine rings is 1. The molecular formula is C22H26N4O3. The van der Waals surface area contributed by atoms with Gasteiger partial charge in [0.2, 0.25) is 0 Å². The van der Waals surface area contributed by atoms with Crippen LogP contribution in [-0.2, 0) is 4.74 Å². The van der Waals surface area contributed by atoms with Crippen LogP contribution in [0.15, 0.2) is 48.7 Å². The number of carbonyl (C=O) groups is 1. The summed E-state index contributed by atoms with van der Waals surface area (Å²) in [5, 5.41) is 3.03. The number of rotatable bonds is 7. The van der Waals surface area contributed by atoms with E-state index in [-0.39, 0.29) is 5.91 Å². The Morgan fingerprint density at radius 1 is 1.17 bits per heavy atom. The fourth-order valence-corrected chi connectivity index (χ4v) is 3.59. The Hall–Kier alpha value is -2.90. The third kappa shape index (κ3) is 4.41. The highest BCUT2D eigenvalue weighted by atomic mass is 16.5. The van der Waals surface area contributed by atoms with E-state index in [1.54, 1.807) is 7.11 Å². The molecule has 1 fully saturated rings. The summed E-state index contributed by atoms with van der Waals surface area (Å²) in [6, 6.07) is 13.4. The molecule has 152 valence electrons. The predicted molar refractivity (Wildman–Crippen MR) is 111 cm³/mol. The van der Waals surface area contributed by atoms with Crippen molar-refractivity contribution in [1.82, 2.24) is 19.6 Å². The maximum absolute atomic E-state index is 12.9. The van der Waals surface area contributed by atoms with Gasteiger partial charge < -0.3 is 14.8 Å². The Labute approximate surface area is 170 Å². The number of imidazole rings is 1. The molecule has 29 heavy (non-hydrogen) atoms. The van der Waals surface area contributed by atoms with Crippen molar-refractivity contribution >= 4 is 11.6 Å². The summed E-state index contributed by atoms with van der Waals surface area (Å²) in [6.07, 6.45) is 2.83. The van der Waals surface area contributed by atoms with Crippen LogP contribution in [-0.4, -0.2) is 66.7 Å². The smallest absolute Gasteiger partial charge is 0.272 e. The van der Waals surface area contributed by atoms with Crippen molar-refractivity contribution in [2.75, 3.05) is 46.5 Å². The number of aromatic nitrogens is 2. The zero-order valence-corrected chi connectivity index (χ0v) is 16.6. The van der Waals surface area contributed by atoms with Gasteiger partial charge in [-0.3, -0.25) is 14.1 Å². The number of hydrogen-bond donors (Lipinski definition) is 1. The van der Waals surface area contributed by atoms with Crippen LogP contribution < -0.4 is 10.1 Å². The maximum Gasteiger partial charge on any atom is 0.272 e. The lowest BCUT2D eigenvalue weighted by molar-refractivity contribution is 0.0374. The van der Waals surface area contributed by atoms with Gasteiger partial charge in [-0.1, -0.05) is 6.07 Å².